The molecule has 7 nitrogen and oxygen atoms in total. The van der Waals surface area contributed by atoms with Crippen LogP contribution >= 0.6 is 12.4 Å². The van der Waals surface area contributed by atoms with E-state index in [-0.39, 0.29) is 23.2 Å². The Labute approximate surface area is 174 Å². The van der Waals surface area contributed by atoms with Crippen LogP contribution in [0.3, 0.4) is 0 Å². The van der Waals surface area contributed by atoms with Crippen LogP contribution in [-0.4, -0.2) is 75.9 Å². The Balaban J connectivity index is 0.00000280. The fraction of sp³-hybridized carbons (Fsp3) is 0.632. The van der Waals surface area contributed by atoms with Gasteiger partial charge in [0.15, 0.2) is 0 Å². The number of piperidine rings is 1. The molecule has 2 N–H and O–H groups in total. The molecule has 2 fully saturated rings. The number of carbonyl (C=O) groups is 1. The number of hydrogen-bond acceptors (Lipinski definition) is 5. The molecule has 158 valence electrons. The minimum atomic E-state index is -3.53. The number of piperazine rings is 1. The van der Waals surface area contributed by atoms with Crippen LogP contribution in [0.5, 0.6) is 0 Å². The van der Waals surface area contributed by atoms with Crippen LogP contribution in [0.1, 0.15) is 35.2 Å². The van der Waals surface area contributed by atoms with E-state index in [4.69, 9.17) is 0 Å². The van der Waals surface area contributed by atoms with Gasteiger partial charge in [-0.25, -0.2) is 8.42 Å². The first-order valence-corrected chi connectivity index (χ1v) is 11.2. The largest absolute Gasteiger partial charge is 0.351 e. The molecule has 0 bridgehead atoms. The standard InChI is InChI=1S/C19H30N4O3S.ClH/c1-16-5-6-17(27(25,26)23-10-3-2-4-11-23)15-18(16)19(24)21-9-14-22-12-7-20-8-13-22;/h5-6,15,20H,2-4,7-14H2,1H3,(H,21,24);1H. The van der Waals surface area contributed by atoms with Crippen molar-refractivity contribution in [3.63, 3.8) is 0 Å². The second-order valence-corrected chi connectivity index (χ2v) is 9.23. The summed E-state index contributed by atoms with van der Waals surface area (Å²) >= 11 is 0. The summed E-state index contributed by atoms with van der Waals surface area (Å²) in [6.45, 7) is 8.23. The SMILES string of the molecule is Cc1ccc(S(=O)(=O)N2CCCCC2)cc1C(=O)NCCN1CCNCC1.Cl. The quantitative estimate of drug-likeness (QED) is 0.709. The molecule has 0 unspecified atom stereocenters. The summed E-state index contributed by atoms with van der Waals surface area (Å²) < 4.78 is 27.3. The average Bonchev–Trinajstić information content (AvgIpc) is 2.69. The van der Waals surface area contributed by atoms with E-state index in [0.29, 0.717) is 25.2 Å². The molecule has 2 saturated heterocycles. The number of nitrogens with one attached hydrogen (secondary N) is 2. The molecular formula is C19H31ClN4O3S. The van der Waals surface area contributed by atoms with Crippen LogP contribution in [0.25, 0.3) is 0 Å². The highest BCUT2D eigenvalue weighted by Crippen LogP contribution is 2.22. The van der Waals surface area contributed by atoms with Crippen LogP contribution in [0.15, 0.2) is 23.1 Å². The molecule has 2 aliphatic heterocycles. The van der Waals surface area contributed by atoms with E-state index in [0.717, 1.165) is 57.5 Å². The number of aryl methyl sites for hydroxylation is 1. The Kier molecular flexibility index (Phi) is 8.70. The fourth-order valence-electron chi connectivity index (χ4n) is 3.62. The lowest BCUT2D eigenvalue weighted by atomic mass is 10.1. The number of rotatable bonds is 6. The predicted octanol–water partition coefficient (Wildman–Crippen LogP) is 1.23. The highest BCUT2D eigenvalue weighted by atomic mass is 35.5. The van der Waals surface area contributed by atoms with E-state index in [1.54, 1.807) is 12.1 Å². The highest BCUT2D eigenvalue weighted by molar-refractivity contribution is 7.89. The molecule has 1 aromatic rings. The van der Waals surface area contributed by atoms with E-state index < -0.39 is 10.0 Å². The second-order valence-electron chi connectivity index (χ2n) is 7.29. The molecule has 0 spiro atoms. The van der Waals surface area contributed by atoms with Gasteiger partial charge >= 0.3 is 0 Å². The first-order chi connectivity index (χ1) is 13.0. The number of sulfonamides is 1. The van der Waals surface area contributed by atoms with Crippen molar-refractivity contribution in [2.75, 3.05) is 52.4 Å². The third-order valence-corrected chi connectivity index (χ3v) is 7.22. The molecule has 0 atom stereocenters. The summed E-state index contributed by atoms with van der Waals surface area (Å²) in [7, 11) is -3.53. The van der Waals surface area contributed by atoms with Crippen LogP contribution in [-0.2, 0) is 10.0 Å². The van der Waals surface area contributed by atoms with E-state index in [2.05, 4.69) is 15.5 Å². The van der Waals surface area contributed by atoms with Crippen molar-refractivity contribution < 1.29 is 13.2 Å². The van der Waals surface area contributed by atoms with Crippen molar-refractivity contribution in [1.82, 2.24) is 19.8 Å². The predicted molar refractivity (Wildman–Crippen MR) is 113 cm³/mol. The van der Waals surface area contributed by atoms with Gasteiger partial charge in [0, 0.05) is 57.9 Å². The zero-order chi connectivity index (χ0) is 19.3. The number of halogens is 1. The van der Waals surface area contributed by atoms with Gasteiger partial charge in [-0.2, -0.15) is 4.31 Å². The summed E-state index contributed by atoms with van der Waals surface area (Å²) in [4.78, 5) is 15.1. The minimum absolute atomic E-state index is 0. The number of amides is 1. The minimum Gasteiger partial charge on any atom is -0.351 e. The topological polar surface area (TPSA) is 81.8 Å². The lowest BCUT2D eigenvalue weighted by molar-refractivity contribution is 0.0946. The summed E-state index contributed by atoms with van der Waals surface area (Å²) in [5, 5.41) is 6.24. The number of benzene rings is 1. The van der Waals surface area contributed by atoms with Crippen molar-refractivity contribution in [3.8, 4) is 0 Å². The van der Waals surface area contributed by atoms with Crippen LogP contribution in [0.4, 0.5) is 0 Å². The van der Waals surface area contributed by atoms with Crippen molar-refractivity contribution in [2.45, 2.75) is 31.1 Å². The molecule has 3 rings (SSSR count). The Bertz CT molecular complexity index is 760. The van der Waals surface area contributed by atoms with E-state index in [1.165, 1.54) is 10.4 Å². The monoisotopic (exact) mass is 430 g/mol. The Hall–Kier alpha value is -1.19. The first-order valence-electron chi connectivity index (χ1n) is 9.80. The summed E-state index contributed by atoms with van der Waals surface area (Å²) in [6.07, 6.45) is 2.86. The average molecular weight is 431 g/mol. The first kappa shape index (κ1) is 23.1. The molecule has 2 heterocycles. The lowest BCUT2D eigenvalue weighted by Gasteiger charge is -2.27. The second kappa shape index (κ2) is 10.5. The van der Waals surface area contributed by atoms with Gasteiger partial charge in [0.1, 0.15) is 0 Å². The van der Waals surface area contributed by atoms with Gasteiger partial charge in [0.25, 0.3) is 5.91 Å². The Morgan fingerprint density at radius 3 is 2.46 bits per heavy atom. The van der Waals surface area contributed by atoms with Gasteiger partial charge in [0.2, 0.25) is 10.0 Å². The van der Waals surface area contributed by atoms with E-state index >= 15 is 0 Å². The summed E-state index contributed by atoms with van der Waals surface area (Å²) in [5.41, 5.74) is 1.22. The van der Waals surface area contributed by atoms with Gasteiger partial charge in [-0.3, -0.25) is 9.69 Å². The summed E-state index contributed by atoms with van der Waals surface area (Å²) in [6, 6.07) is 4.86. The number of nitrogens with zero attached hydrogens (tertiary/aromatic N) is 2. The number of hydrogen-bond donors (Lipinski definition) is 2. The third-order valence-electron chi connectivity index (χ3n) is 5.33. The van der Waals surface area contributed by atoms with Gasteiger partial charge in [-0.05, 0) is 37.5 Å². The maximum atomic E-state index is 12.9. The Morgan fingerprint density at radius 2 is 1.79 bits per heavy atom. The molecule has 1 amide bonds. The van der Waals surface area contributed by atoms with Crippen molar-refractivity contribution in [1.29, 1.82) is 0 Å². The molecule has 2 aliphatic rings. The van der Waals surface area contributed by atoms with Gasteiger partial charge in [0.05, 0.1) is 4.90 Å². The molecule has 0 aliphatic carbocycles. The van der Waals surface area contributed by atoms with E-state index in [9.17, 15) is 13.2 Å². The number of carbonyl (C=O) groups excluding carboxylic acids is 1. The fourth-order valence-corrected chi connectivity index (χ4v) is 5.16. The molecule has 0 radical (unpaired) electrons. The Morgan fingerprint density at radius 1 is 1.11 bits per heavy atom. The van der Waals surface area contributed by atoms with Crippen molar-refractivity contribution >= 4 is 28.3 Å². The smallest absolute Gasteiger partial charge is 0.251 e. The molecule has 9 heteroatoms. The van der Waals surface area contributed by atoms with Crippen LogP contribution in [0.2, 0.25) is 0 Å². The molecule has 28 heavy (non-hydrogen) atoms. The molecule has 0 aromatic heterocycles. The van der Waals surface area contributed by atoms with Gasteiger partial charge in [-0.1, -0.05) is 12.5 Å². The lowest BCUT2D eigenvalue weighted by Crippen LogP contribution is -2.46. The van der Waals surface area contributed by atoms with Gasteiger partial charge < -0.3 is 10.6 Å². The van der Waals surface area contributed by atoms with Crippen LogP contribution in [0, 0.1) is 6.92 Å². The summed E-state index contributed by atoms with van der Waals surface area (Å²) in [5.74, 6) is -0.210. The van der Waals surface area contributed by atoms with Crippen LogP contribution < -0.4 is 10.6 Å². The molecule has 0 saturated carbocycles. The zero-order valence-electron chi connectivity index (χ0n) is 16.4. The van der Waals surface area contributed by atoms with E-state index in [1.807, 2.05) is 6.92 Å². The zero-order valence-corrected chi connectivity index (χ0v) is 18.1. The molecular weight excluding hydrogens is 400 g/mol. The maximum Gasteiger partial charge on any atom is 0.251 e. The highest BCUT2D eigenvalue weighted by Gasteiger charge is 2.27. The maximum absolute atomic E-state index is 12.9. The third kappa shape index (κ3) is 5.67. The van der Waals surface area contributed by atoms with Crippen molar-refractivity contribution in [2.24, 2.45) is 0 Å². The normalized spacial score (nSPS) is 19.0. The van der Waals surface area contributed by atoms with Crippen molar-refractivity contribution in [3.05, 3.63) is 29.3 Å². The van der Waals surface area contributed by atoms with Gasteiger partial charge in [-0.15, -0.1) is 12.4 Å². The molecule has 1 aromatic carbocycles.